The Hall–Kier alpha value is -2.25. The summed E-state index contributed by atoms with van der Waals surface area (Å²) in [6.45, 7) is 0.693. The molecule has 2 heterocycles. The van der Waals surface area contributed by atoms with Gasteiger partial charge in [-0.25, -0.2) is 4.98 Å². The van der Waals surface area contributed by atoms with Crippen molar-refractivity contribution in [2.45, 2.75) is 43.4 Å². The molecule has 1 N–H and O–H groups in total. The number of rotatable bonds is 4. The van der Waals surface area contributed by atoms with Crippen molar-refractivity contribution in [1.29, 1.82) is 0 Å². The second kappa shape index (κ2) is 6.81. The van der Waals surface area contributed by atoms with Gasteiger partial charge in [0.1, 0.15) is 6.33 Å². The number of aromatic nitrogens is 3. The standard InChI is InChI=1S/C19H24N4O3/c1-25-13-7-8-19(26-2)9-10-23(16(19)11-13)18(24)15-6-4-3-5-14(15)17-20-12-21-22-17/h3-6,12-13,16H,7-11H2,1-2H3,(H,20,21,22)/t13-,16+,19-/m1/s1. The van der Waals surface area contributed by atoms with Crippen LogP contribution in [0.5, 0.6) is 0 Å². The quantitative estimate of drug-likeness (QED) is 0.909. The van der Waals surface area contributed by atoms with E-state index in [9.17, 15) is 4.79 Å². The van der Waals surface area contributed by atoms with Gasteiger partial charge in [0.05, 0.1) is 23.3 Å². The summed E-state index contributed by atoms with van der Waals surface area (Å²) >= 11 is 0. The number of nitrogens with one attached hydrogen (secondary N) is 1. The zero-order chi connectivity index (χ0) is 18.1. The number of carbonyl (C=O) groups is 1. The molecule has 1 amide bonds. The highest BCUT2D eigenvalue weighted by Gasteiger charge is 2.52. The average molecular weight is 356 g/mol. The molecule has 26 heavy (non-hydrogen) atoms. The predicted octanol–water partition coefficient (Wildman–Crippen LogP) is 2.27. The molecule has 4 rings (SSSR count). The summed E-state index contributed by atoms with van der Waals surface area (Å²) in [5.74, 6) is 0.613. The molecule has 2 fully saturated rings. The summed E-state index contributed by atoms with van der Waals surface area (Å²) in [5.41, 5.74) is 1.14. The van der Waals surface area contributed by atoms with Gasteiger partial charge in [-0.3, -0.25) is 9.89 Å². The van der Waals surface area contributed by atoms with E-state index in [1.54, 1.807) is 14.2 Å². The number of methoxy groups -OCH3 is 2. The first-order valence-electron chi connectivity index (χ1n) is 9.02. The van der Waals surface area contributed by atoms with Gasteiger partial charge in [0.25, 0.3) is 5.91 Å². The van der Waals surface area contributed by atoms with E-state index < -0.39 is 0 Å². The first kappa shape index (κ1) is 17.2. The lowest BCUT2D eigenvalue weighted by atomic mass is 9.79. The Kier molecular flexibility index (Phi) is 4.50. The van der Waals surface area contributed by atoms with Crippen molar-refractivity contribution in [3.63, 3.8) is 0 Å². The average Bonchev–Trinajstić information content (AvgIpc) is 3.35. The maximum Gasteiger partial charge on any atom is 0.254 e. The van der Waals surface area contributed by atoms with Gasteiger partial charge in [0.15, 0.2) is 5.82 Å². The second-order valence-corrected chi connectivity index (χ2v) is 7.04. The van der Waals surface area contributed by atoms with E-state index in [1.165, 1.54) is 6.33 Å². The number of hydrogen-bond donors (Lipinski definition) is 1. The molecule has 1 aromatic heterocycles. The fraction of sp³-hybridized carbons (Fsp3) is 0.526. The predicted molar refractivity (Wildman–Crippen MR) is 95.6 cm³/mol. The normalized spacial score (nSPS) is 28.2. The lowest BCUT2D eigenvalue weighted by Gasteiger charge is -2.43. The van der Waals surface area contributed by atoms with Crippen LogP contribution in [0.1, 0.15) is 36.0 Å². The monoisotopic (exact) mass is 356 g/mol. The summed E-state index contributed by atoms with van der Waals surface area (Å²) < 4.78 is 11.5. The third-order valence-corrected chi connectivity index (χ3v) is 5.96. The van der Waals surface area contributed by atoms with E-state index in [2.05, 4.69) is 15.2 Å². The van der Waals surface area contributed by atoms with E-state index in [-0.39, 0.29) is 23.7 Å². The van der Waals surface area contributed by atoms with Crippen LogP contribution < -0.4 is 0 Å². The zero-order valence-electron chi connectivity index (χ0n) is 15.1. The van der Waals surface area contributed by atoms with Crippen molar-refractivity contribution >= 4 is 5.91 Å². The number of carbonyl (C=O) groups excluding carboxylic acids is 1. The van der Waals surface area contributed by atoms with Crippen molar-refractivity contribution in [2.24, 2.45) is 0 Å². The number of ether oxygens (including phenoxy) is 2. The minimum Gasteiger partial charge on any atom is -0.381 e. The molecule has 0 bridgehead atoms. The third-order valence-electron chi connectivity index (χ3n) is 5.96. The summed E-state index contributed by atoms with van der Waals surface area (Å²) in [4.78, 5) is 19.6. The van der Waals surface area contributed by atoms with E-state index in [0.29, 0.717) is 17.9 Å². The number of amides is 1. The van der Waals surface area contributed by atoms with E-state index in [0.717, 1.165) is 31.2 Å². The molecule has 3 atom stereocenters. The number of H-pyrrole nitrogens is 1. The van der Waals surface area contributed by atoms with Crippen LogP contribution in [0, 0.1) is 0 Å². The van der Waals surface area contributed by atoms with E-state index in [1.807, 2.05) is 29.2 Å². The van der Waals surface area contributed by atoms with Crippen molar-refractivity contribution in [2.75, 3.05) is 20.8 Å². The molecule has 7 nitrogen and oxygen atoms in total. The molecule has 138 valence electrons. The van der Waals surface area contributed by atoms with Crippen molar-refractivity contribution < 1.29 is 14.3 Å². The van der Waals surface area contributed by atoms with Crippen LogP contribution >= 0.6 is 0 Å². The minimum absolute atomic E-state index is 0.0117. The Morgan fingerprint density at radius 1 is 1.31 bits per heavy atom. The molecule has 1 saturated carbocycles. The van der Waals surface area contributed by atoms with Crippen LogP contribution in [0.2, 0.25) is 0 Å². The molecule has 0 spiro atoms. The Morgan fingerprint density at radius 2 is 2.15 bits per heavy atom. The molecule has 0 radical (unpaired) electrons. The molecule has 1 aromatic carbocycles. The van der Waals surface area contributed by atoms with Crippen LogP contribution in [-0.4, -0.2) is 64.5 Å². The van der Waals surface area contributed by atoms with Gasteiger partial charge in [-0.1, -0.05) is 18.2 Å². The van der Waals surface area contributed by atoms with Crippen LogP contribution in [0.3, 0.4) is 0 Å². The Morgan fingerprint density at radius 3 is 2.88 bits per heavy atom. The second-order valence-electron chi connectivity index (χ2n) is 7.04. The molecule has 2 aromatic rings. The number of aromatic amines is 1. The molecule has 0 unspecified atom stereocenters. The fourth-order valence-corrected chi connectivity index (χ4v) is 4.49. The van der Waals surface area contributed by atoms with Gasteiger partial charge >= 0.3 is 0 Å². The zero-order valence-corrected chi connectivity index (χ0v) is 15.1. The molecule has 1 aliphatic carbocycles. The summed E-state index contributed by atoms with van der Waals surface area (Å²) in [5, 5.41) is 6.76. The lowest BCUT2D eigenvalue weighted by molar-refractivity contribution is -0.0893. The first-order valence-corrected chi connectivity index (χ1v) is 9.02. The molecular weight excluding hydrogens is 332 g/mol. The van der Waals surface area contributed by atoms with Crippen LogP contribution in [-0.2, 0) is 9.47 Å². The molecular formula is C19H24N4O3. The number of benzene rings is 1. The fourth-order valence-electron chi connectivity index (χ4n) is 4.49. The Labute approximate surface area is 152 Å². The smallest absolute Gasteiger partial charge is 0.254 e. The highest BCUT2D eigenvalue weighted by atomic mass is 16.5. The maximum atomic E-state index is 13.4. The molecule has 1 aliphatic heterocycles. The highest BCUT2D eigenvalue weighted by Crippen LogP contribution is 2.43. The van der Waals surface area contributed by atoms with Gasteiger partial charge in [-0.15, -0.1) is 0 Å². The largest absolute Gasteiger partial charge is 0.381 e. The van der Waals surface area contributed by atoms with Crippen LogP contribution in [0.4, 0.5) is 0 Å². The maximum absolute atomic E-state index is 13.4. The van der Waals surface area contributed by atoms with Crippen molar-refractivity contribution in [3.8, 4) is 11.4 Å². The van der Waals surface area contributed by atoms with Gasteiger partial charge in [-0.2, -0.15) is 5.10 Å². The molecule has 2 aliphatic rings. The summed E-state index contributed by atoms with van der Waals surface area (Å²) in [6, 6.07) is 7.56. The highest BCUT2D eigenvalue weighted by molar-refractivity contribution is 6.00. The number of nitrogens with zero attached hydrogens (tertiary/aromatic N) is 3. The van der Waals surface area contributed by atoms with E-state index in [4.69, 9.17) is 9.47 Å². The van der Waals surface area contributed by atoms with Crippen LogP contribution in [0.25, 0.3) is 11.4 Å². The van der Waals surface area contributed by atoms with Gasteiger partial charge in [-0.05, 0) is 31.7 Å². The van der Waals surface area contributed by atoms with Crippen molar-refractivity contribution in [3.05, 3.63) is 36.2 Å². The molecule has 7 heteroatoms. The topological polar surface area (TPSA) is 80.3 Å². The third kappa shape index (κ3) is 2.71. The Bertz CT molecular complexity index is 779. The van der Waals surface area contributed by atoms with Crippen molar-refractivity contribution in [1.82, 2.24) is 20.1 Å². The van der Waals surface area contributed by atoms with Gasteiger partial charge in [0.2, 0.25) is 0 Å². The summed E-state index contributed by atoms with van der Waals surface area (Å²) in [6.07, 6.45) is 5.17. The van der Waals surface area contributed by atoms with Crippen LogP contribution in [0.15, 0.2) is 30.6 Å². The Balaban J connectivity index is 1.67. The number of fused-ring (bicyclic) bond motifs is 1. The lowest BCUT2D eigenvalue weighted by Crippen LogP contribution is -2.53. The molecule has 1 saturated heterocycles. The van der Waals surface area contributed by atoms with Gasteiger partial charge < -0.3 is 14.4 Å². The SMILES string of the molecule is CO[C@@H]1CC[C@@]2(OC)CCN(C(=O)c3ccccc3-c3ncn[nH]3)[C@H]2C1. The first-order chi connectivity index (χ1) is 12.7. The van der Waals surface area contributed by atoms with E-state index >= 15 is 0 Å². The summed E-state index contributed by atoms with van der Waals surface area (Å²) in [7, 11) is 3.50. The minimum atomic E-state index is -0.258. The number of hydrogen-bond acceptors (Lipinski definition) is 5. The number of likely N-dealkylation sites (tertiary alicyclic amines) is 1. The van der Waals surface area contributed by atoms with Gasteiger partial charge in [0, 0.05) is 26.3 Å².